The van der Waals surface area contributed by atoms with Crippen molar-refractivity contribution in [1.82, 2.24) is 0 Å². The van der Waals surface area contributed by atoms with Gasteiger partial charge in [-0.05, 0) is 24.6 Å². The average molecular weight is 182 g/mol. The molecule has 3 heteroatoms. The first-order chi connectivity index (χ1) is 6.25. The zero-order valence-corrected chi connectivity index (χ0v) is 7.13. The van der Waals surface area contributed by atoms with Crippen molar-refractivity contribution >= 4 is 5.69 Å². The Kier molecular flexibility index (Phi) is 2.17. The van der Waals surface area contributed by atoms with Crippen LogP contribution in [0.25, 0.3) is 0 Å². The van der Waals surface area contributed by atoms with E-state index < -0.39 is 6.17 Å². The molecule has 0 amide bonds. The summed E-state index contributed by atoms with van der Waals surface area (Å²) in [7, 11) is 0. The molecule has 0 saturated carbocycles. The Balaban J connectivity index is 2.16. The van der Waals surface area contributed by atoms with Crippen molar-refractivity contribution in [3.05, 3.63) is 30.1 Å². The van der Waals surface area contributed by atoms with E-state index in [4.69, 9.17) is 0 Å². The number of benzene rings is 1. The second-order valence-electron chi connectivity index (χ2n) is 3.22. The number of hydrogen-bond acceptors (Lipinski definition) is 1. The van der Waals surface area contributed by atoms with E-state index in [0.717, 1.165) is 0 Å². The average Bonchev–Trinajstić information content (AvgIpc) is 2.52. The lowest BCUT2D eigenvalue weighted by Crippen LogP contribution is -2.19. The molecular weight excluding hydrogens is 172 g/mol. The van der Waals surface area contributed by atoms with Gasteiger partial charge in [-0.3, -0.25) is 0 Å². The molecule has 1 aliphatic rings. The number of nitrogens with zero attached hydrogens (tertiary/aromatic N) is 1. The third-order valence-electron chi connectivity index (χ3n) is 2.22. The summed E-state index contributed by atoms with van der Waals surface area (Å²) in [5.74, 6) is -0.295. The molecular formula is C10H10F2N. The van der Waals surface area contributed by atoms with Crippen molar-refractivity contribution in [3.63, 3.8) is 0 Å². The van der Waals surface area contributed by atoms with Crippen molar-refractivity contribution in [2.24, 2.45) is 0 Å². The number of alkyl halides is 1. The minimum Gasteiger partial charge on any atom is -0.368 e. The number of halogens is 2. The van der Waals surface area contributed by atoms with Gasteiger partial charge in [0.2, 0.25) is 0 Å². The van der Waals surface area contributed by atoms with Gasteiger partial charge in [-0.15, -0.1) is 0 Å². The minimum atomic E-state index is -0.781. The number of rotatable bonds is 1. The standard InChI is InChI=1S/C10H10F2N/c11-8-2-1-3-10(6-8)13-5-4-9(12)7-13/h1-2,6,9H,4-5,7H2/t9-/m0/s1. The largest absolute Gasteiger partial charge is 0.368 e. The molecule has 1 heterocycles. The maximum atomic E-state index is 12.8. The van der Waals surface area contributed by atoms with E-state index in [1.807, 2.05) is 4.90 Å². The zero-order valence-electron chi connectivity index (χ0n) is 7.13. The van der Waals surface area contributed by atoms with Gasteiger partial charge in [0.1, 0.15) is 12.0 Å². The summed E-state index contributed by atoms with van der Waals surface area (Å²) in [4.78, 5) is 1.81. The fraction of sp³-hybridized carbons (Fsp3) is 0.400. The molecule has 0 bridgehead atoms. The summed E-state index contributed by atoms with van der Waals surface area (Å²) in [6.45, 7) is 1.01. The van der Waals surface area contributed by atoms with Crippen LogP contribution in [0.5, 0.6) is 0 Å². The molecule has 69 valence electrons. The summed E-state index contributed by atoms with van der Waals surface area (Å²) >= 11 is 0. The van der Waals surface area contributed by atoms with Gasteiger partial charge in [0.05, 0.1) is 0 Å². The van der Waals surface area contributed by atoms with E-state index in [1.54, 1.807) is 0 Å². The smallest absolute Gasteiger partial charge is 0.125 e. The predicted octanol–water partition coefficient (Wildman–Crippen LogP) is 2.17. The Bertz CT molecular complexity index is 301. The molecule has 1 fully saturated rings. The normalized spacial score (nSPS) is 22.3. The number of anilines is 1. The quantitative estimate of drug-likeness (QED) is 0.643. The summed E-state index contributed by atoms with van der Waals surface area (Å²) < 4.78 is 25.6. The molecule has 0 N–H and O–H groups in total. The Morgan fingerprint density at radius 1 is 1.54 bits per heavy atom. The van der Waals surface area contributed by atoms with Gasteiger partial charge in [-0.1, -0.05) is 0 Å². The van der Waals surface area contributed by atoms with Crippen LogP contribution in [-0.2, 0) is 0 Å². The highest BCUT2D eigenvalue weighted by molar-refractivity contribution is 5.46. The predicted molar refractivity (Wildman–Crippen MR) is 47.0 cm³/mol. The Morgan fingerprint density at radius 2 is 2.38 bits per heavy atom. The molecule has 1 aliphatic heterocycles. The number of hydrogen-bond donors (Lipinski definition) is 0. The maximum absolute atomic E-state index is 12.8. The summed E-state index contributed by atoms with van der Waals surface area (Å²) in [6, 6.07) is 7.14. The summed E-state index contributed by atoms with van der Waals surface area (Å²) in [5, 5.41) is 0. The molecule has 1 aromatic carbocycles. The van der Waals surface area contributed by atoms with Crippen LogP contribution in [0.15, 0.2) is 18.2 Å². The van der Waals surface area contributed by atoms with Gasteiger partial charge in [-0.25, -0.2) is 8.78 Å². The van der Waals surface area contributed by atoms with E-state index in [-0.39, 0.29) is 5.82 Å². The van der Waals surface area contributed by atoms with E-state index in [1.165, 1.54) is 18.2 Å². The van der Waals surface area contributed by atoms with Crippen molar-refractivity contribution < 1.29 is 8.78 Å². The van der Waals surface area contributed by atoms with Crippen LogP contribution in [0.4, 0.5) is 14.5 Å². The fourth-order valence-corrected chi connectivity index (χ4v) is 1.55. The first-order valence-electron chi connectivity index (χ1n) is 4.32. The van der Waals surface area contributed by atoms with Crippen LogP contribution < -0.4 is 4.90 Å². The van der Waals surface area contributed by atoms with Crippen molar-refractivity contribution in [2.45, 2.75) is 12.6 Å². The second kappa shape index (κ2) is 3.32. The van der Waals surface area contributed by atoms with Crippen LogP contribution in [-0.4, -0.2) is 19.3 Å². The second-order valence-corrected chi connectivity index (χ2v) is 3.22. The van der Waals surface area contributed by atoms with Gasteiger partial charge in [0.25, 0.3) is 0 Å². The van der Waals surface area contributed by atoms with Crippen molar-refractivity contribution in [1.29, 1.82) is 0 Å². The lowest BCUT2D eigenvalue weighted by molar-refractivity contribution is 0.364. The first-order valence-corrected chi connectivity index (χ1v) is 4.32. The Hall–Kier alpha value is -1.12. The summed E-state index contributed by atoms with van der Waals surface area (Å²) in [5.41, 5.74) is 0.653. The van der Waals surface area contributed by atoms with Gasteiger partial charge >= 0.3 is 0 Å². The van der Waals surface area contributed by atoms with Gasteiger partial charge in [-0.2, -0.15) is 0 Å². The van der Waals surface area contributed by atoms with Crippen LogP contribution in [0.2, 0.25) is 0 Å². The molecule has 1 nitrogen and oxygen atoms in total. The zero-order chi connectivity index (χ0) is 9.26. The SMILES string of the molecule is Fc1cc[c]c(N2CC[C@H](F)C2)c1. The third-order valence-corrected chi connectivity index (χ3v) is 2.22. The van der Waals surface area contributed by atoms with Crippen LogP contribution in [0.1, 0.15) is 6.42 Å². The molecule has 13 heavy (non-hydrogen) atoms. The highest BCUT2D eigenvalue weighted by Crippen LogP contribution is 2.21. The molecule has 1 aromatic rings. The molecule has 0 unspecified atom stereocenters. The van der Waals surface area contributed by atoms with Crippen LogP contribution in [0, 0.1) is 11.9 Å². The van der Waals surface area contributed by atoms with Gasteiger partial charge < -0.3 is 4.90 Å². The molecule has 1 atom stereocenters. The van der Waals surface area contributed by atoms with Gasteiger partial charge in [0.15, 0.2) is 0 Å². The first kappa shape index (κ1) is 8.48. The van der Waals surface area contributed by atoms with Crippen molar-refractivity contribution in [2.75, 3.05) is 18.0 Å². The third kappa shape index (κ3) is 1.79. The van der Waals surface area contributed by atoms with Crippen LogP contribution >= 0.6 is 0 Å². The highest BCUT2D eigenvalue weighted by Gasteiger charge is 2.21. The van der Waals surface area contributed by atoms with Crippen LogP contribution in [0.3, 0.4) is 0 Å². The highest BCUT2D eigenvalue weighted by atomic mass is 19.1. The minimum absolute atomic E-state index is 0.295. The lowest BCUT2D eigenvalue weighted by atomic mass is 10.3. The van der Waals surface area contributed by atoms with E-state index in [2.05, 4.69) is 6.07 Å². The Morgan fingerprint density at radius 3 is 3.00 bits per heavy atom. The molecule has 2 rings (SSSR count). The maximum Gasteiger partial charge on any atom is 0.125 e. The summed E-state index contributed by atoms with van der Waals surface area (Å²) in [6.07, 6.45) is -0.249. The molecule has 0 spiro atoms. The van der Waals surface area contributed by atoms with E-state index in [0.29, 0.717) is 25.2 Å². The van der Waals surface area contributed by atoms with Gasteiger partial charge in [0, 0.05) is 24.8 Å². The fourth-order valence-electron chi connectivity index (χ4n) is 1.55. The van der Waals surface area contributed by atoms with E-state index in [9.17, 15) is 8.78 Å². The van der Waals surface area contributed by atoms with Crippen molar-refractivity contribution in [3.8, 4) is 0 Å². The molecule has 1 radical (unpaired) electrons. The topological polar surface area (TPSA) is 3.24 Å². The molecule has 0 aromatic heterocycles. The molecule has 1 saturated heterocycles. The molecule has 0 aliphatic carbocycles. The Labute approximate surface area is 76.0 Å². The monoisotopic (exact) mass is 182 g/mol. The van der Waals surface area contributed by atoms with E-state index >= 15 is 0 Å². The lowest BCUT2D eigenvalue weighted by Gasteiger charge is -2.16.